The molecule has 0 amide bonds. The molecule has 0 aromatic heterocycles. The summed E-state index contributed by atoms with van der Waals surface area (Å²) in [5, 5.41) is 3.18. The molecule has 108 valence electrons. The smallest absolute Gasteiger partial charge is 0.243 e. The summed E-state index contributed by atoms with van der Waals surface area (Å²) in [6, 6.07) is 5.31. The molecule has 2 rings (SSSR count). The highest BCUT2D eigenvalue weighted by molar-refractivity contribution is 9.10. The highest BCUT2D eigenvalue weighted by atomic mass is 79.9. The molecule has 1 heterocycles. The lowest BCUT2D eigenvalue weighted by Gasteiger charge is -2.23. The lowest BCUT2D eigenvalue weighted by molar-refractivity contribution is 0.387. The first-order valence-electron chi connectivity index (χ1n) is 5.87. The van der Waals surface area contributed by atoms with Gasteiger partial charge >= 0.3 is 0 Å². The zero-order chi connectivity index (χ0) is 13.3. The second-order valence-electron chi connectivity index (χ2n) is 4.63. The van der Waals surface area contributed by atoms with E-state index in [2.05, 4.69) is 21.2 Å². The van der Waals surface area contributed by atoms with E-state index in [-0.39, 0.29) is 18.4 Å². The maximum atomic E-state index is 12.5. The molecule has 1 atom stereocenters. The van der Waals surface area contributed by atoms with Crippen LogP contribution in [0.15, 0.2) is 27.6 Å². The first-order chi connectivity index (χ1) is 8.41. The molecule has 7 heteroatoms. The Morgan fingerprint density at radius 3 is 2.58 bits per heavy atom. The number of rotatable bonds is 3. The van der Waals surface area contributed by atoms with Crippen molar-refractivity contribution in [2.45, 2.75) is 24.3 Å². The van der Waals surface area contributed by atoms with Crippen LogP contribution in [0.5, 0.6) is 0 Å². The summed E-state index contributed by atoms with van der Waals surface area (Å²) in [4.78, 5) is 0.351. The highest BCUT2D eigenvalue weighted by Gasteiger charge is 2.30. The van der Waals surface area contributed by atoms with Crippen molar-refractivity contribution in [3.63, 3.8) is 0 Å². The lowest BCUT2D eigenvalue weighted by atomic mass is 10.2. The number of aryl methyl sites for hydroxylation is 1. The fourth-order valence-corrected chi connectivity index (χ4v) is 4.44. The van der Waals surface area contributed by atoms with Gasteiger partial charge in [0, 0.05) is 24.1 Å². The summed E-state index contributed by atoms with van der Waals surface area (Å²) in [6.07, 6.45) is 0.864. The van der Waals surface area contributed by atoms with E-state index < -0.39 is 10.0 Å². The van der Waals surface area contributed by atoms with E-state index in [1.54, 1.807) is 19.2 Å². The molecule has 1 fully saturated rings. The average molecular weight is 370 g/mol. The van der Waals surface area contributed by atoms with Crippen LogP contribution in [-0.2, 0) is 10.0 Å². The van der Waals surface area contributed by atoms with Gasteiger partial charge in [-0.15, -0.1) is 12.4 Å². The molecule has 1 aliphatic heterocycles. The SMILES string of the molecule is Cc1cc(Br)cc(S(=O)(=O)N(C)C2CCNC2)c1.Cl. The molecule has 0 aliphatic carbocycles. The first kappa shape index (κ1) is 16.9. The highest BCUT2D eigenvalue weighted by Crippen LogP contribution is 2.23. The molecule has 0 radical (unpaired) electrons. The van der Waals surface area contributed by atoms with E-state index in [9.17, 15) is 8.42 Å². The van der Waals surface area contributed by atoms with Crippen LogP contribution in [0, 0.1) is 6.92 Å². The van der Waals surface area contributed by atoms with Gasteiger partial charge < -0.3 is 5.32 Å². The number of likely N-dealkylation sites (N-methyl/N-ethyl adjacent to an activating group) is 1. The number of sulfonamides is 1. The Labute approximate surface area is 129 Å². The fourth-order valence-electron chi connectivity index (χ4n) is 2.16. The normalized spacial score (nSPS) is 19.5. The number of hydrogen-bond acceptors (Lipinski definition) is 3. The molecule has 0 saturated carbocycles. The van der Waals surface area contributed by atoms with E-state index in [1.807, 2.05) is 13.0 Å². The molecule has 4 nitrogen and oxygen atoms in total. The molecule has 1 saturated heterocycles. The van der Waals surface area contributed by atoms with E-state index in [0.29, 0.717) is 4.90 Å². The Kier molecular flexibility index (Phi) is 5.82. The van der Waals surface area contributed by atoms with Crippen LogP contribution in [0.25, 0.3) is 0 Å². The van der Waals surface area contributed by atoms with Crippen LogP contribution >= 0.6 is 28.3 Å². The van der Waals surface area contributed by atoms with E-state index in [1.165, 1.54) is 4.31 Å². The third-order valence-electron chi connectivity index (χ3n) is 3.24. The molecule has 0 spiro atoms. The third kappa shape index (κ3) is 3.70. The number of nitrogens with zero attached hydrogens (tertiary/aromatic N) is 1. The lowest BCUT2D eigenvalue weighted by Crippen LogP contribution is -2.38. The minimum absolute atomic E-state index is 0. The third-order valence-corrected chi connectivity index (χ3v) is 5.59. The largest absolute Gasteiger partial charge is 0.315 e. The van der Waals surface area contributed by atoms with Crippen LogP contribution in [0.2, 0.25) is 0 Å². The molecule has 1 aromatic carbocycles. The topological polar surface area (TPSA) is 49.4 Å². The number of benzene rings is 1. The second kappa shape index (κ2) is 6.54. The quantitative estimate of drug-likeness (QED) is 0.888. The van der Waals surface area contributed by atoms with E-state index in [0.717, 1.165) is 29.5 Å². The van der Waals surface area contributed by atoms with Crippen molar-refractivity contribution >= 4 is 38.4 Å². The average Bonchev–Trinajstić information content (AvgIpc) is 2.79. The Morgan fingerprint density at radius 1 is 1.37 bits per heavy atom. The van der Waals surface area contributed by atoms with Crippen molar-refractivity contribution in [1.82, 2.24) is 9.62 Å². The Hall–Kier alpha value is -0.140. The van der Waals surface area contributed by atoms with E-state index in [4.69, 9.17) is 0 Å². The predicted octanol–water partition coefficient (Wildman–Crippen LogP) is 2.16. The van der Waals surface area contributed by atoms with Crippen molar-refractivity contribution in [2.75, 3.05) is 20.1 Å². The van der Waals surface area contributed by atoms with Crippen LogP contribution in [-0.4, -0.2) is 38.9 Å². The van der Waals surface area contributed by atoms with Gasteiger partial charge in [-0.05, 0) is 43.7 Å². The van der Waals surface area contributed by atoms with Gasteiger partial charge in [-0.2, -0.15) is 4.31 Å². The Bertz CT molecular complexity index is 524. The van der Waals surface area contributed by atoms with Crippen LogP contribution in [0.4, 0.5) is 0 Å². The van der Waals surface area contributed by atoms with Gasteiger partial charge in [0.05, 0.1) is 4.90 Å². The maximum absolute atomic E-state index is 12.5. The Morgan fingerprint density at radius 2 is 2.05 bits per heavy atom. The van der Waals surface area contributed by atoms with Crippen molar-refractivity contribution < 1.29 is 8.42 Å². The van der Waals surface area contributed by atoms with Crippen LogP contribution in [0.3, 0.4) is 0 Å². The molecule has 0 bridgehead atoms. The standard InChI is InChI=1S/C12H17BrN2O2S.ClH/c1-9-5-10(13)7-12(6-9)18(16,17)15(2)11-3-4-14-8-11;/h5-7,11,14H,3-4,8H2,1-2H3;1H. The number of halogens is 2. The van der Waals surface area contributed by atoms with Crippen molar-refractivity contribution in [3.05, 3.63) is 28.2 Å². The van der Waals surface area contributed by atoms with Crippen LogP contribution < -0.4 is 5.32 Å². The van der Waals surface area contributed by atoms with Gasteiger partial charge in [-0.25, -0.2) is 8.42 Å². The number of nitrogens with one attached hydrogen (secondary N) is 1. The van der Waals surface area contributed by atoms with Crippen molar-refractivity contribution in [3.8, 4) is 0 Å². The van der Waals surface area contributed by atoms with Gasteiger partial charge in [0.15, 0.2) is 0 Å². The summed E-state index contributed by atoms with van der Waals surface area (Å²) in [7, 11) is -1.75. The van der Waals surface area contributed by atoms with Crippen LogP contribution in [0.1, 0.15) is 12.0 Å². The predicted molar refractivity (Wildman–Crippen MR) is 82.4 cm³/mol. The minimum atomic E-state index is -3.40. The van der Waals surface area contributed by atoms with Gasteiger partial charge in [0.25, 0.3) is 0 Å². The minimum Gasteiger partial charge on any atom is -0.315 e. The molecular formula is C12H18BrClN2O2S. The molecule has 1 unspecified atom stereocenters. The van der Waals surface area contributed by atoms with Gasteiger partial charge in [-0.1, -0.05) is 15.9 Å². The monoisotopic (exact) mass is 368 g/mol. The molecule has 1 aromatic rings. The number of hydrogen-bond donors (Lipinski definition) is 1. The summed E-state index contributed by atoms with van der Waals surface area (Å²) in [6.45, 7) is 3.49. The fraction of sp³-hybridized carbons (Fsp3) is 0.500. The van der Waals surface area contributed by atoms with E-state index >= 15 is 0 Å². The van der Waals surface area contributed by atoms with Crippen molar-refractivity contribution in [2.24, 2.45) is 0 Å². The zero-order valence-corrected chi connectivity index (χ0v) is 14.1. The van der Waals surface area contributed by atoms with Gasteiger partial charge in [0.1, 0.15) is 0 Å². The second-order valence-corrected chi connectivity index (χ2v) is 7.55. The summed E-state index contributed by atoms with van der Waals surface area (Å²) in [5.74, 6) is 0. The molecule has 1 N–H and O–H groups in total. The Balaban J connectivity index is 0.00000180. The summed E-state index contributed by atoms with van der Waals surface area (Å²) in [5.41, 5.74) is 0.931. The summed E-state index contributed by atoms with van der Waals surface area (Å²) < 4.78 is 27.3. The molecule has 1 aliphatic rings. The van der Waals surface area contributed by atoms with Gasteiger partial charge in [-0.3, -0.25) is 0 Å². The molecule has 19 heavy (non-hydrogen) atoms. The van der Waals surface area contributed by atoms with Gasteiger partial charge in [0.2, 0.25) is 10.0 Å². The van der Waals surface area contributed by atoms with Crippen molar-refractivity contribution in [1.29, 1.82) is 0 Å². The first-order valence-corrected chi connectivity index (χ1v) is 8.10. The summed E-state index contributed by atoms with van der Waals surface area (Å²) >= 11 is 3.34. The zero-order valence-electron chi connectivity index (χ0n) is 10.9. The maximum Gasteiger partial charge on any atom is 0.243 e. The molecular weight excluding hydrogens is 352 g/mol.